The van der Waals surface area contributed by atoms with Crippen molar-refractivity contribution in [1.82, 2.24) is 10.0 Å². The van der Waals surface area contributed by atoms with Crippen LogP contribution in [0, 0.1) is 6.92 Å². The quantitative estimate of drug-likeness (QED) is 0.811. The van der Waals surface area contributed by atoms with Gasteiger partial charge in [-0.05, 0) is 32.9 Å². The van der Waals surface area contributed by atoms with E-state index in [2.05, 4.69) is 10.0 Å². The van der Waals surface area contributed by atoms with Gasteiger partial charge in [-0.2, -0.15) is 0 Å². The van der Waals surface area contributed by atoms with Gasteiger partial charge in [-0.1, -0.05) is 0 Å². The van der Waals surface area contributed by atoms with Gasteiger partial charge in [-0.3, -0.25) is 0 Å². The van der Waals surface area contributed by atoms with E-state index in [4.69, 9.17) is 0 Å². The summed E-state index contributed by atoms with van der Waals surface area (Å²) in [5.74, 6) is 0.0355. The van der Waals surface area contributed by atoms with Crippen LogP contribution in [0.3, 0.4) is 0 Å². The molecule has 0 bridgehead atoms. The Labute approximate surface area is 129 Å². The normalized spacial score (nSPS) is 22.3. The van der Waals surface area contributed by atoms with E-state index in [0.717, 1.165) is 4.88 Å². The molecule has 0 radical (unpaired) electrons. The Morgan fingerprint density at radius 1 is 1.43 bits per heavy atom. The lowest BCUT2D eigenvalue weighted by Gasteiger charge is -2.22. The van der Waals surface area contributed by atoms with Gasteiger partial charge in [-0.25, -0.2) is 21.6 Å². The van der Waals surface area contributed by atoms with E-state index in [1.807, 2.05) is 0 Å². The summed E-state index contributed by atoms with van der Waals surface area (Å²) in [5, 5.41) is 2.98. The van der Waals surface area contributed by atoms with Gasteiger partial charge in [-0.15, -0.1) is 11.3 Å². The molecular formula is C12H20N2O4S3. The predicted octanol–water partition coefficient (Wildman–Crippen LogP) is 0.631. The highest BCUT2D eigenvalue weighted by atomic mass is 32.2. The first-order valence-corrected chi connectivity index (χ1v) is 10.8. The lowest BCUT2D eigenvalue weighted by molar-refractivity contribution is 0.517. The van der Waals surface area contributed by atoms with Crippen molar-refractivity contribution in [3.05, 3.63) is 15.8 Å². The average Bonchev–Trinajstić information content (AvgIpc) is 2.69. The van der Waals surface area contributed by atoms with Crippen LogP contribution in [0.1, 0.15) is 22.6 Å². The van der Waals surface area contributed by atoms with Crippen LogP contribution in [0.15, 0.2) is 11.0 Å². The molecule has 120 valence electrons. The van der Waals surface area contributed by atoms with Crippen molar-refractivity contribution in [2.75, 3.05) is 18.6 Å². The molecule has 1 saturated heterocycles. The number of rotatable bonds is 5. The van der Waals surface area contributed by atoms with Crippen molar-refractivity contribution < 1.29 is 16.8 Å². The Hall–Kier alpha value is -0.480. The largest absolute Gasteiger partial charge is 0.315 e. The third-order valence-electron chi connectivity index (χ3n) is 3.35. The standard InChI is InChI=1S/C12H20N2O4S3/c1-9-12(6-11(19-9)7-13-2)21(17,18)14-10-4-3-5-20(15,16)8-10/h6,10,13-14H,3-5,7-8H2,1-2H3. The molecule has 2 rings (SSSR count). The summed E-state index contributed by atoms with van der Waals surface area (Å²) in [5.41, 5.74) is 0. The number of aryl methyl sites for hydroxylation is 1. The van der Waals surface area contributed by atoms with Crippen molar-refractivity contribution >= 4 is 31.2 Å². The highest BCUT2D eigenvalue weighted by molar-refractivity contribution is 7.91. The Bertz CT molecular complexity index is 707. The molecule has 1 unspecified atom stereocenters. The molecule has 9 heteroatoms. The molecule has 0 aromatic carbocycles. The van der Waals surface area contributed by atoms with Crippen LogP contribution < -0.4 is 10.0 Å². The fraction of sp³-hybridized carbons (Fsp3) is 0.667. The number of thiophene rings is 1. The summed E-state index contributed by atoms with van der Waals surface area (Å²) in [6.45, 7) is 2.37. The van der Waals surface area contributed by atoms with Crippen LogP contribution in [-0.4, -0.2) is 41.4 Å². The van der Waals surface area contributed by atoms with Crippen molar-refractivity contribution in [3.8, 4) is 0 Å². The smallest absolute Gasteiger partial charge is 0.241 e. The topological polar surface area (TPSA) is 92.3 Å². The second-order valence-corrected chi connectivity index (χ2v) is 10.5. The van der Waals surface area contributed by atoms with E-state index >= 15 is 0 Å². The summed E-state index contributed by atoms with van der Waals surface area (Å²) in [4.78, 5) is 1.90. The fourth-order valence-electron chi connectivity index (χ4n) is 2.45. The van der Waals surface area contributed by atoms with Crippen molar-refractivity contribution in [2.24, 2.45) is 0 Å². The van der Waals surface area contributed by atoms with Gasteiger partial charge in [0.05, 0.1) is 16.4 Å². The third-order valence-corrected chi connectivity index (χ3v) is 8.00. The minimum Gasteiger partial charge on any atom is -0.315 e. The zero-order chi connectivity index (χ0) is 15.7. The summed E-state index contributed by atoms with van der Waals surface area (Å²) in [6, 6.07) is 1.12. The molecule has 0 saturated carbocycles. The monoisotopic (exact) mass is 352 g/mol. The number of hydrogen-bond donors (Lipinski definition) is 2. The van der Waals surface area contributed by atoms with E-state index in [1.54, 1.807) is 20.0 Å². The maximum absolute atomic E-state index is 12.4. The molecule has 6 nitrogen and oxygen atoms in total. The van der Waals surface area contributed by atoms with Gasteiger partial charge in [0.25, 0.3) is 0 Å². The van der Waals surface area contributed by atoms with E-state index in [9.17, 15) is 16.8 Å². The van der Waals surface area contributed by atoms with E-state index in [-0.39, 0.29) is 16.4 Å². The number of hydrogen-bond acceptors (Lipinski definition) is 6. The summed E-state index contributed by atoms with van der Waals surface area (Å²) in [7, 11) is -5.00. The zero-order valence-electron chi connectivity index (χ0n) is 12.0. The minimum absolute atomic E-state index is 0.112. The van der Waals surface area contributed by atoms with Crippen molar-refractivity contribution in [1.29, 1.82) is 0 Å². The van der Waals surface area contributed by atoms with Gasteiger partial charge >= 0.3 is 0 Å². The molecule has 21 heavy (non-hydrogen) atoms. The first kappa shape index (κ1) is 16.9. The van der Waals surface area contributed by atoms with Crippen molar-refractivity contribution in [3.63, 3.8) is 0 Å². The third kappa shape index (κ3) is 4.26. The van der Waals surface area contributed by atoms with E-state index in [0.29, 0.717) is 24.3 Å². The zero-order valence-corrected chi connectivity index (χ0v) is 14.5. The van der Waals surface area contributed by atoms with Gasteiger partial charge in [0, 0.05) is 22.3 Å². The molecule has 1 atom stereocenters. The number of nitrogens with one attached hydrogen (secondary N) is 2. The molecule has 2 heterocycles. The lowest BCUT2D eigenvalue weighted by Crippen LogP contribution is -2.43. The van der Waals surface area contributed by atoms with Crippen LogP contribution in [0.2, 0.25) is 0 Å². The van der Waals surface area contributed by atoms with Crippen LogP contribution in [0.25, 0.3) is 0 Å². The van der Waals surface area contributed by atoms with Crippen LogP contribution in [0.5, 0.6) is 0 Å². The first-order chi connectivity index (χ1) is 9.73. The Kier molecular flexibility index (Phi) is 5.09. The number of sulfone groups is 1. The fourth-order valence-corrected chi connectivity index (χ4v) is 7.11. The van der Waals surface area contributed by atoms with Gasteiger partial charge in [0.1, 0.15) is 0 Å². The molecule has 1 aliphatic rings. The number of sulfonamides is 1. The highest BCUT2D eigenvalue weighted by Crippen LogP contribution is 2.26. The Balaban J connectivity index is 2.18. The molecule has 2 N–H and O–H groups in total. The molecule has 1 aliphatic heterocycles. The predicted molar refractivity (Wildman–Crippen MR) is 83.8 cm³/mol. The maximum Gasteiger partial charge on any atom is 0.241 e. The first-order valence-electron chi connectivity index (χ1n) is 6.70. The molecule has 0 aliphatic carbocycles. The van der Waals surface area contributed by atoms with Crippen LogP contribution in [-0.2, 0) is 26.4 Å². The molecule has 1 fully saturated rings. The second kappa shape index (κ2) is 6.33. The molecule has 1 aromatic rings. The van der Waals surface area contributed by atoms with Gasteiger partial charge in [0.2, 0.25) is 10.0 Å². The molecular weight excluding hydrogens is 332 g/mol. The van der Waals surface area contributed by atoms with E-state index in [1.165, 1.54) is 11.3 Å². The lowest BCUT2D eigenvalue weighted by atomic mass is 10.2. The summed E-state index contributed by atoms with van der Waals surface area (Å²) < 4.78 is 50.6. The molecule has 0 spiro atoms. The Morgan fingerprint density at radius 3 is 2.76 bits per heavy atom. The minimum atomic E-state index is -3.67. The van der Waals surface area contributed by atoms with E-state index < -0.39 is 25.9 Å². The summed E-state index contributed by atoms with van der Waals surface area (Å²) in [6.07, 6.45) is 1.06. The van der Waals surface area contributed by atoms with Gasteiger partial charge < -0.3 is 5.32 Å². The average molecular weight is 353 g/mol. The maximum atomic E-state index is 12.4. The van der Waals surface area contributed by atoms with Crippen LogP contribution in [0.4, 0.5) is 0 Å². The van der Waals surface area contributed by atoms with Crippen molar-refractivity contribution in [2.45, 2.75) is 37.2 Å². The molecule has 1 aromatic heterocycles. The highest BCUT2D eigenvalue weighted by Gasteiger charge is 2.30. The second-order valence-electron chi connectivity index (χ2n) is 5.24. The van der Waals surface area contributed by atoms with Gasteiger partial charge in [0.15, 0.2) is 9.84 Å². The molecule has 0 amide bonds. The van der Waals surface area contributed by atoms with Crippen LogP contribution >= 0.6 is 11.3 Å². The summed E-state index contributed by atoms with van der Waals surface area (Å²) >= 11 is 1.43. The Morgan fingerprint density at radius 2 is 2.14 bits per heavy atom. The SMILES string of the molecule is CNCc1cc(S(=O)(=O)NC2CCCS(=O)(=O)C2)c(C)s1.